The first kappa shape index (κ1) is 7.10. The molecular weight excluding hydrogens is 150 g/mol. The number of benzene rings is 1. The van der Waals surface area contributed by atoms with Crippen LogP contribution in [0.2, 0.25) is 0 Å². The molecule has 0 N–H and O–H groups in total. The lowest BCUT2D eigenvalue weighted by Crippen LogP contribution is -1.81. The van der Waals surface area contributed by atoms with Crippen LogP contribution < -0.4 is 0 Å². The van der Waals surface area contributed by atoms with Crippen molar-refractivity contribution in [1.29, 1.82) is 0 Å². The van der Waals surface area contributed by atoms with Crippen LogP contribution in [0.4, 0.5) is 0 Å². The number of fused-ring (bicyclic) bond motifs is 1. The summed E-state index contributed by atoms with van der Waals surface area (Å²) >= 11 is 0. The third-order valence-corrected chi connectivity index (χ3v) is 1.83. The van der Waals surface area contributed by atoms with Crippen LogP contribution in [0, 0.1) is 6.92 Å². The molecule has 0 amide bonds. The monoisotopic (exact) mass is 158 g/mol. The van der Waals surface area contributed by atoms with E-state index in [-0.39, 0.29) is 5.75 Å². The molecule has 0 aliphatic carbocycles. The van der Waals surface area contributed by atoms with Crippen molar-refractivity contribution >= 4 is 10.9 Å². The number of nitrogens with zero attached hydrogens (tertiary/aromatic N) is 1. The third kappa shape index (κ3) is 1.01. The highest BCUT2D eigenvalue weighted by molar-refractivity contribution is 5.84. The van der Waals surface area contributed by atoms with Gasteiger partial charge in [-0.05, 0) is 31.2 Å². The minimum atomic E-state index is 0.0417. The van der Waals surface area contributed by atoms with Gasteiger partial charge < -0.3 is 0 Å². The van der Waals surface area contributed by atoms with Gasteiger partial charge in [-0.1, -0.05) is 6.07 Å². The molecule has 0 atom stereocenters. The minimum absolute atomic E-state index is 0.0417. The Bertz CT molecular complexity index is 423. The minimum Gasteiger partial charge on any atom is -0.289 e. The van der Waals surface area contributed by atoms with Crippen molar-refractivity contribution in [3.8, 4) is 5.75 Å². The van der Waals surface area contributed by atoms with Crippen molar-refractivity contribution in [3.05, 3.63) is 36.0 Å². The molecule has 0 bridgehead atoms. The van der Waals surface area contributed by atoms with Crippen LogP contribution in [-0.4, -0.2) is 4.98 Å². The lowest BCUT2D eigenvalue weighted by atomic mass is 10.2. The van der Waals surface area contributed by atoms with Gasteiger partial charge in [-0.15, -0.1) is 0 Å². The van der Waals surface area contributed by atoms with Crippen molar-refractivity contribution in [1.82, 2.24) is 4.98 Å². The first-order chi connectivity index (χ1) is 5.77. The molecule has 2 nitrogen and oxygen atoms in total. The maximum Gasteiger partial charge on any atom is 0.188 e. The third-order valence-electron chi connectivity index (χ3n) is 1.83. The number of pyridine rings is 1. The first-order valence-electron chi connectivity index (χ1n) is 3.81. The number of rotatable bonds is 0. The van der Waals surface area contributed by atoms with E-state index >= 15 is 0 Å². The van der Waals surface area contributed by atoms with Crippen LogP contribution >= 0.6 is 0 Å². The number of aryl methyl sites for hydroxylation is 1. The highest BCUT2D eigenvalue weighted by Crippen LogP contribution is 2.22. The molecule has 1 radical (unpaired) electrons. The van der Waals surface area contributed by atoms with Gasteiger partial charge in [0.2, 0.25) is 0 Å². The highest BCUT2D eigenvalue weighted by atomic mass is 16.3. The summed E-state index contributed by atoms with van der Waals surface area (Å²) in [5.41, 5.74) is 1.72. The Morgan fingerprint density at radius 2 is 2.00 bits per heavy atom. The van der Waals surface area contributed by atoms with Crippen molar-refractivity contribution in [2.75, 3.05) is 0 Å². The first-order valence-corrected chi connectivity index (χ1v) is 3.81. The summed E-state index contributed by atoms with van der Waals surface area (Å²) < 4.78 is 0. The van der Waals surface area contributed by atoms with Crippen molar-refractivity contribution in [3.63, 3.8) is 0 Å². The van der Waals surface area contributed by atoms with E-state index in [9.17, 15) is 5.11 Å². The van der Waals surface area contributed by atoms with Crippen LogP contribution in [0.1, 0.15) is 5.69 Å². The maximum atomic E-state index is 11.3. The average Bonchev–Trinajstić information content (AvgIpc) is 2.04. The lowest BCUT2D eigenvalue weighted by molar-refractivity contribution is 0.360. The van der Waals surface area contributed by atoms with Crippen molar-refractivity contribution in [2.24, 2.45) is 0 Å². The Balaban J connectivity index is 2.86. The van der Waals surface area contributed by atoms with Gasteiger partial charge in [0.15, 0.2) is 5.75 Å². The van der Waals surface area contributed by atoms with Crippen molar-refractivity contribution < 1.29 is 5.11 Å². The van der Waals surface area contributed by atoms with Crippen LogP contribution in [0.3, 0.4) is 0 Å². The second-order valence-corrected chi connectivity index (χ2v) is 2.78. The second kappa shape index (κ2) is 2.48. The van der Waals surface area contributed by atoms with Gasteiger partial charge in [-0.2, -0.15) is 0 Å². The molecule has 0 aliphatic heterocycles. The van der Waals surface area contributed by atoms with Crippen LogP contribution in [0.15, 0.2) is 30.3 Å². The zero-order chi connectivity index (χ0) is 8.55. The van der Waals surface area contributed by atoms with Gasteiger partial charge in [0.05, 0.1) is 5.52 Å². The van der Waals surface area contributed by atoms with Gasteiger partial charge in [0, 0.05) is 11.1 Å². The Labute approximate surface area is 70.5 Å². The summed E-state index contributed by atoms with van der Waals surface area (Å²) in [5, 5.41) is 11.9. The standard InChI is InChI=1S/C10H8NO/c1-7-5-6-8-9(11-7)3-2-4-10(8)12/h2-6H,1H3. The zero-order valence-electron chi connectivity index (χ0n) is 6.74. The molecule has 2 rings (SSSR count). The summed E-state index contributed by atoms with van der Waals surface area (Å²) in [6.45, 7) is 1.91. The van der Waals surface area contributed by atoms with Crippen LogP contribution in [0.5, 0.6) is 5.75 Å². The molecule has 59 valence electrons. The smallest absolute Gasteiger partial charge is 0.188 e. The van der Waals surface area contributed by atoms with Crippen molar-refractivity contribution in [2.45, 2.75) is 6.92 Å². The van der Waals surface area contributed by atoms with Crippen LogP contribution in [-0.2, 0) is 5.11 Å². The average molecular weight is 158 g/mol. The fraction of sp³-hybridized carbons (Fsp3) is 0.100. The van der Waals surface area contributed by atoms with E-state index in [1.165, 1.54) is 0 Å². The van der Waals surface area contributed by atoms with Gasteiger partial charge in [-0.3, -0.25) is 10.1 Å². The van der Waals surface area contributed by atoms with E-state index < -0.39 is 0 Å². The molecule has 1 heterocycles. The van der Waals surface area contributed by atoms with E-state index in [1.807, 2.05) is 25.1 Å². The summed E-state index contributed by atoms with van der Waals surface area (Å²) in [6, 6.07) is 8.81. The highest BCUT2D eigenvalue weighted by Gasteiger charge is 2.00. The normalized spacial score (nSPS) is 10.4. The van der Waals surface area contributed by atoms with Gasteiger partial charge in [0.1, 0.15) is 0 Å². The number of hydrogen-bond donors (Lipinski definition) is 0. The molecule has 2 aromatic rings. The Morgan fingerprint density at radius 1 is 1.17 bits per heavy atom. The molecule has 0 fully saturated rings. The molecule has 0 spiro atoms. The quantitative estimate of drug-likeness (QED) is 0.580. The second-order valence-electron chi connectivity index (χ2n) is 2.78. The molecule has 12 heavy (non-hydrogen) atoms. The number of aromatic nitrogens is 1. The summed E-state index contributed by atoms with van der Waals surface area (Å²) in [6.07, 6.45) is 0. The molecule has 0 saturated carbocycles. The molecule has 2 heteroatoms. The van der Waals surface area contributed by atoms with Gasteiger partial charge in [-0.25, -0.2) is 0 Å². The van der Waals surface area contributed by atoms with Crippen LogP contribution in [0.25, 0.3) is 10.9 Å². The van der Waals surface area contributed by atoms with E-state index in [2.05, 4.69) is 4.98 Å². The van der Waals surface area contributed by atoms with E-state index in [0.717, 1.165) is 11.2 Å². The number of hydrogen-bond acceptors (Lipinski definition) is 1. The summed E-state index contributed by atoms with van der Waals surface area (Å²) in [5.74, 6) is 0.0417. The SMILES string of the molecule is Cc1ccc2c([O])cccc2n1. The zero-order valence-corrected chi connectivity index (χ0v) is 6.74. The predicted octanol–water partition coefficient (Wildman–Crippen LogP) is 2.69. The Kier molecular flexibility index (Phi) is 1.47. The Hall–Kier alpha value is -1.57. The lowest BCUT2D eigenvalue weighted by Gasteiger charge is -1.97. The molecule has 0 saturated heterocycles. The molecule has 1 aromatic heterocycles. The fourth-order valence-electron chi connectivity index (χ4n) is 1.23. The summed E-state index contributed by atoms with van der Waals surface area (Å²) in [7, 11) is 0. The molecular formula is C10H8NO. The predicted molar refractivity (Wildman–Crippen MR) is 46.6 cm³/mol. The molecule has 0 unspecified atom stereocenters. The Morgan fingerprint density at radius 3 is 2.83 bits per heavy atom. The summed E-state index contributed by atoms with van der Waals surface area (Å²) in [4.78, 5) is 4.24. The largest absolute Gasteiger partial charge is 0.289 e. The van der Waals surface area contributed by atoms with E-state index in [1.54, 1.807) is 12.1 Å². The van der Waals surface area contributed by atoms with E-state index in [0.29, 0.717) is 5.39 Å². The van der Waals surface area contributed by atoms with Gasteiger partial charge >= 0.3 is 0 Å². The maximum absolute atomic E-state index is 11.3. The molecule has 0 aliphatic rings. The van der Waals surface area contributed by atoms with Gasteiger partial charge in [0.25, 0.3) is 0 Å². The molecule has 1 aromatic carbocycles. The topological polar surface area (TPSA) is 32.8 Å². The fourth-order valence-corrected chi connectivity index (χ4v) is 1.23. The van der Waals surface area contributed by atoms with E-state index in [4.69, 9.17) is 0 Å².